The zero-order valence-corrected chi connectivity index (χ0v) is 14.1. The molecule has 1 aromatic rings. The Morgan fingerprint density at radius 1 is 1.11 bits per heavy atom. The molecule has 0 spiro atoms. The fourth-order valence-electron chi connectivity index (χ4n) is 1.35. The Balaban J connectivity index is 0.00000289. The summed E-state index contributed by atoms with van der Waals surface area (Å²) in [6.07, 6.45) is 0. The highest BCUT2D eigenvalue weighted by molar-refractivity contribution is 14.0. The van der Waals surface area contributed by atoms with Gasteiger partial charge in [-0.3, -0.25) is 4.99 Å². The Morgan fingerprint density at radius 2 is 1.72 bits per heavy atom. The van der Waals surface area contributed by atoms with Crippen LogP contribution in [0, 0.1) is 0 Å². The minimum Gasteiger partial charge on any atom is -0.357 e. The molecule has 1 rings (SSSR count). The molecular weight excluding hydrogens is 357 g/mol. The smallest absolute Gasteiger partial charge is 0.191 e. The molecule has 0 amide bonds. The van der Waals surface area contributed by atoms with Gasteiger partial charge in [-0.25, -0.2) is 0 Å². The van der Waals surface area contributed by atoms with E-state index in [9.17, 15) is 0 Å². The summed E-state index contributed by atoms with van der Waals surface area (Å²) in [6, 6.07) is 10.4. The van der Waals surface area contributed by atoms with E-state index >= 15 is 0 Å². The highest BCUT2D eigenvalue weighted by Gasteiger charge is 1.94. The van der Waals surface area contributed by atoms with Crippen LogP contribution in [0.15, 0.2) is 40.2 Å². The fraction of sp³-hybridized carbons (Fsp3) is 0.462. The molecule has 0 aliphatic carbocycles. The van der Waals surface area contributed by atoms with Crippen molar-refractivity contribution >= 4 is 41.7 Å². The molecule has 0 radical (unpaired) electrons. The van der Waals surface area contributed by atoms with Crippen LogP contribution in [0.3, 0.4) is 0 Å². The van der Waals surface area contributed by atoms with Gasteiger partial charge in [0.05, 0.1) is 6.54 Å². The molecule has 5 heteroatoms. The molecule has 0 aliphatic rings. The van der Waals surface area contributed by atoms with E-state index < -0.39 is 0 Å². The van der Waals surface area contributed by atoms with Crippen molar-refractivity contribution in [3.8, 4) is 0 Å². The number of nitrogens with zero attached hydrogens (tertiary/aromatic N) is 1. The number of halogens is 1. The highest BCUT2D eigenvalue weighted by Crippen LogP contribution is 2.16. The van der Waals surface area contributed by atoms with Gasteiger partial charge in [0.1, 0.15) is 0 Å². The predicted molar refractivity (Wildman–Crippen MR) is 92.2 cm³/mol. The third-order valence-electron chi connectivity index (χ3n) is 2.06. The second-order valence-corrected chi connectivity index (χ2v) is 4.62. The fourth-order valence-corrected chi connectivity index (χ4v) is 2.11. The molecule has 102 valence electrons. The number of thioether (sulfide) groups is 1. The van der Waals surface area contributed by atoms with Crippen molar-refractivity contribution in [1.82, 2.24) is 10.6 Å². The molecule has 0 aromatic heterocycles. The molecule has 0 bridgehead atoms. The molecule has 0 saturated heterocycles. The Bertz CT molecular complexity index is 322. The van der Waals surface area contributed by atoms with E-state index in [4.69, 9.17) is 0 Å². The average Bonchev–Trinajstić information content (AvgIpc) is 2.36. The third-order valence-corrected chi connectivity index (χ3v) is 3.05. The first-order valence-electron chi connectivity index (χ1n) is 6.06. The topological polar surface area (TPSA) is 36.4 Å². The number of nitrogens with one attached hydrogen (secondary N) is 2. The number of hydrogen-bond acceptors (Lipinski definition) is 2. The molecule has 18 heavy (non-hydrogen) atoms. The predicted octanol–water partition coefficient (Wildman–Crippen LogP) is 2.97. The zero-order chi connectivity index (χ0) is 12.3. The minimum atomic E-state index is 0. The van der Waals surface area contributed by atoms with E-state index in [2.05, 4.69) is 53.7 Å². The zero-order valence-electron chi connectivity index (χ0n) is 11.0. The van der Waals surface area contributed by atoms with Crippen molar-refractivity contribution in [1.29, 1.82) is 0 Å². The average molecular weight is 379 g/mol. The van der Waals surface area contributed by atoms with Gasteiger partial charge in [0, 0.05) is 23.7 Å². The summed E-state index contributed by atoms with van der Waals surface area (Å²) in [5.74, 6) is 1.91. The lowest BCUT2D eigenvalue weighted by atomic mass is 10.4. The summed E-state index contributed by atoms with van der Waals surface area (Å²) in [6.45, 7) is 6.78. The van der Waals surface area contributed by atoms with Crippen molar-refractivity contribution in [3.05, 3.63) is 30.3 Å². The van der Waals surface area contributed by atoms with Crippen LogP contribution in [0.1, 0.15) is 13.8 Å². The molecule has 0 unspecified atom stereocenters. The van der Waals surface area contributed by atoms with Gasteiger partial charge in [-0.2, -0.15) is 0 Å². The standard InChI is InChI=1S/C13H21N3S.HI/c1-3-14-13(15-4-2)16-10-11-17-12-8-6-5-7-9-12;/h5-9H,3-4,10-11H2,1-2H3,(H2,14,15,16);1H. The second-order valence-electron chi connectivity index (χ2n) is 3.45. The first-order chi connectivity index (χ1) is 8.36. The van der Waals surface area contributed by atoms with E-state index in [0.29, 0.717) is 0 Å². The van der Waals surface area contributed by atoms with Crippen LogP contribution < -0.4 is 10.6 Å². The van der Waals surface area contributed by atoms with E-state index in [1.807, 2.05) is 17.8 Å². The largest absolute Gasteiger partial charge is 0.357 e. The maximum Gasteiger partial charge on any atom is 0.191 e. The van der Waals surface area contributed by atoms with E-state index in [0.717, 1.165) is 31.3 Å². The maximum atomic E-state index is 4.49. The normalized spacial score (nSPS) is 9.22. The van der Waals surface area contributed by atoms with Gasteiger partial charge < -0.3 is 10.6 Å². The molecule has 2 N–H and O–H groups in total. The molecule has 0 atom stereocenters. The Labute approximate surface area is 131 Å². The van der Waals surface area contributed by atoms with Crippen LogP contribution in [0.2, 0.25) is 0 Å². The Kier molecular flexibility index (Phi) is 11.4. The summed E-state index contributed by atoms with van der Waals surface area (Å²) in [7, 11) is 0. The van der Waals surface area contributed by atoms with Gasteiger partial charge >= 0.3 is 0 Å². The van der Waals surface area contributed by atoms with Crippen LogP contribution in [-0.4, -0.2) is 31.3 Å². The monoisotopic (exact) mass is 379 g/mol. The summed E-state index contributed by atoms with van der Waals surface area (Å²) in [5.41, 5.74) is 0. The number of aliphatic imine (C=N–C) groups is 1. The maximum absolute atomic E-state index is 4.49. The number of rotatable bonds is 6. The molecule has 3 nitrogen and oxygen atoms in total. The molecule has 1 aromatic carbocycles. The quantitative estimate of drug-likeness (QED) is 0.262. The number of guanidine groups is 1. The molecule has 0 aliphatic heterocycles. The lowest BCUT2D eigenvalue weighted by Gasteiger charge is -2.08. The molecule has 0 fully saturated rings. The first kappa shape index (κ1) is 17.6. The van der Waals surface area contributed by atoms with Crippen LogP contribution >= 0.6 is 35.7 Å². The second kappa shape index (κ2) is 11.6. The van der Waals surface area contributed by atoms with E-state index in [-0.39, 0.29) is 24.0 Å². The summed E-state index contributed by atoms with van der Waals surface area (Å²) in [4.78, 5) is 5.79. The number of hydrogen-bond donors (Lipinski definition) is 2. The van der Waals surface area contributed by atoms with Crippen LogP contribution in [0.5, 0.6) is 0 Å². The van der Waals surface area contributed by atoms with Crippen molar-refractivity contribution in [3.63, 3.8) is 0 Å². The highest BCUT2D eigenvalue weighted by atomic mass is 127. The van der Waals surface area contributed by atoms with Crippen molar-refractivity contribution in [2.24, 2.45) is 4.99 Å². The van der Waals surface area contributed by atoms with Crippen LogP contribution in [0.4, 0.5) is 0 Å². The lowest BCUT2D eigenvalue weighted by molar-refractivity contribution is 0.846. The molecule has 0 heterocycles. The summed E-state index contributed by atoms with van der Waals surface area (Å²) >= 11 is 1.84. The van der Waals surface area contributed by atoms with Crippen molar-refractivity contribution < 1.29 is 0 Å². The van der Waals surface area contributed by atoms with Gasteiger partial charge in [-0.1, -0.05) is 18.2 Å². The van der Waals surface area contributed by atoms with Crippen molar-refractivity contribution in [2.75, 3.05) is 25.4 Å². The Hall–Kier alpha value is -0.430. The van der Waals surface area contributed by atoms with Gasteiger partial charge in [-0.15, -0.1) is 35.7 Å². The van der Waals surface area contributed by atoms with E-state index in [1.54, 1.807) is 0 Å². The van der Waals surface area contributed by atoms with Gasteiger partial charge in [-0.05, 0) is 26.0 Å². The third kappa shape index (κ3) is 7.81. The Morgan fingerprint density at radius 3 is 2.28 bits per heavy atom. The SMILES string of the molecule is CCNC(=NCCSc1ccccc1)NCC.I. The molecular formula is C13H22IN3S. The van der Waals surface area contributed by atoms with Gasteiger partial charge in [0.15, 0.2) is 5.96 Å². The van der Waals surface area contributed by atoms with Gasteiger partial charge in [0.25, 0.3) is 0 Å². The van der Waals surface area contributed by atoms with Crippen molar-refractivity contribution in [2.45, 2.75) is 18.7 Å². The van der Waals surface area contributed by atoms with Crippen LogP contribution in [-0.2, 0) is 0 Å². The molecule has 0 saturated carbocycles. The minimum absolute atomic E-state index is 0. The van der Waals surface area contributed by atoms with E-state index in [1.165, 1.54) is 4.90 Å². The lowest BCUT2D eigenvalue weighted by Crippen LogP contribution is -2.37. The van der Waals surface area contributed by atoms with Crippen LogP contribution in [0.25, 0.3) is 0 Å². The number of benzene rings is 1. The summed E-state index contributed by atoms with van der Waals surface area (Å²) < 4.78 is 0. The first-order valence-corrected chi connectivity index (χ1v) is 7.05. The summed E-state index contributed by atoms with van der Waals surface area (Å²) in [5, 5.41) is 6.42. The van der Waals surface area contributed by atoms with Gasteiger partial charge in [0.2, 0.25) is 0 Å².